The van der Waals surface area contributed by atoms with Crippen LogP contribution >= 0.6 is 0 Å². The molecule has 1 aliphatic heterocycles. The maximum absolute atomic E-state index is 13.0. The maximum atomic E-state index is 13.0. The summed E-state index contributed by atoms with van der Waals surface area (Å²) in [6.45, 7) is -1.87. The van der Waals surface area contributed by atoms with Crippen molar-refractivity contribution < 1.29 is 26.7 Å². The van der Waals surface area contributed by atoms with Crippen LogP contribution in [-0.4, -0.2) is 37.5 Å². The molecule has 0 aliphatic carbocycles. The van der Waals surface area contributed by atoms with Crippen LogP contribution in [0.5, 0.6) is 5.88 Å². The minimum absolute atomic E-state index is 0.192. The van der Waals surface area contributed by atoms with E-state index in [1.54, 1.807) is 36.0 Å². The Bertz CT molecular complexity index is 1390. The number of hydrogen-bond donors (Lipinski definition) is 0. The Labute approximate surface area is 202 Å². The van der Waals surface area contributed by atoms with Crippen molar-refractivity contribution in [2.24, 2.45) is 14.1 Å². The standard InChI is InChI=1S/C24H21F5N6O/c1-33-13-19(24(27,28)29)31-21(33)14-5-7-15(8-6-14)35-11-9-18-17(12-35)20(32-34(18)2)16-4-3-10-30-22(16)36-23(25)26/h3-8,10,13,23H,9,11-12H2,1-2H3. The largest absolute Gasteiger partial charge is 0.434 e. The zero-order valence-corrected chi connectivity index (χ0v) is 19.3. The lowest BCUT2D eigenvalue weighted by atomic mass is 10.0. The lowest BCUT2D eigenvalue weighted by molar-refractivity contribution is -0.140. The number of aromatic nitrogens is 5. The normalized spacial score (nSPS) is 13.8. The second-order valence-electron chi connectivity index (χ2n) is 8.41. The first-order valence-corrected chi connectivity index (χ1v) is 11.0. The van der Waals surface area contributed by atoms with Crippen LogP contribution in [0.1, 0.15) is 17.0 Å². The van der Waals surface area contributed by atoms with Gasteiger partial charge in [-0.25, -0.2) is 9.97 Å². The predicted octanol–water partition coefficient (Wildman–Crippen LogP) is 5.07. The van der Waals surface area contributed by atoms with Gasteiger partial charge in [0.05, 0.1) is 5.56 Å². The highest BCUT2D eigenvalue weighted by Gasteiger charge is 2.34. The zero-order chi connectivity index (χ0) is 25.6. The molecule has 0 N–H and O–H groups in total. The van der Waals surface area contributed by atoms with E-state index in [1.165, 1.54) is 17.8 Å². The first-order valence-electron chi connectivity index (χ1n) is 11.0. The van der Waals surface area contributed by atoms with Crippen LogP contribution in [0.15, 0.2) is 48.8 Å². The smallest absolute Gasteiger partial charge is 0.416 e. The number of nitrogens with zero attached hydrogens (tertiary/aromatic N) is 6. The van der Waals surface area contributed by atoms with Gasteiger partial charge in [0.25, 0.3) is 0 Å². The second-order valence-corrected chi connectivity index (χ2v) is 8.41. The predicted molar refractivity (Wildman–Crippen MR) is 121 cm³/mol. The summed E-state index contributed by atoms with van der Waals surface area (Å²) in [5, 5.41) is 4.57. The van der Waals surface area contributed by atoms with E-state index in [4.69, 9.17) is 0 Å². The van der Waals surface area contributed by atoms with Gasteiger partial charge in [0.15, 0.2) is 5.69 Å². The molecule has 3 aromatic heterocycles. The Hall–Kier alpha value is -3.96. The topological polar surface area (TPSA) is 61.0 Å². The third-order valence-electron chi connectivity index (χ3n) is 6.13. The highest BCUT2D eigenvalue weighted by molar-refractivity contribution is 5.70. The van der Waals surface area contributed by atoms with E-state index in [-0.39, 0.29) is 11.7 Å². The number of alkyl halides is 5. The summed E-state index contributed by atoms with van der Waals surface area (Å²) in [4.78, 5) is 9.79. The maximum Gasteiger partial charge on any atom is 0.434 e. The lowest BCUT2D eigenvalue weighted by Crippen LogP contribution is -2.30. The van der Waals surface area contributed by atoms with E-state index in [0.29, 0.717) is 36.3 Å². The van der Waals surface area contributed by atoms with Gasteiger partial charge < -0.3 is 14.2 Å². The Morgan fingerprint density at radius 3 is 2.47 bits per heavy atom. The molecule has 0 unspecified atom stereocenters. The number of fused-ring (bicyclic) bond motifs is 1. The molecule has 36 heavy (non-hydrogen) atoms. The van der Waals surface area contributed by atoms with E-state index in [9.17, 15) is 22.0 Å². The molecule has 0 atom stereocenters. The van der Waals surface area contributed by atoms with E-state index in [1.807, 2.05) is 12.1 Å². The summed E-state index contributed by atoms with van der Waals surface area (Å²) < 4.78 is 72.6. The molecule has 12 heteroatoms. The molecule has 0 amide bonds. The summed E-state index contributed by atoms with van der Waals surface area (Å²) in [5.41, 5.74) is 3.23. The number of imidazole rings is 1. The van der Waals surface area contributed by atoms with Crippen LogP contribution in [0.25, 0.3) is 22.6 Å². The van der Waals surface area contributed by atoms with E-state index in [0.717, 1.165) is 23.1 Å². The van der Waals surface area contributed by atoms with Crippen LogP contribution < -0.4 is 9.64 Å². The highest BCUT2D eigenvalue weighted by Crippen LogP contribution is 2.36. The van der Waals surface area contributed by atoms with Crippen LogP contribution in [0.2, 0.25) is 0 Å². The van der Waals surface area contributed by atoms with Crippen molar-refractivity contribution in [2.75, 3.05) is 11.4 Å². The molecule has 1 aliphatic rings. The number of ether oxygens (including phenoxy) is 1. The molecule has 0 saturated heterocycles. The fourth-order valence-corrected chi connectivity index (χ4v) is 4.47. The highest BCUT2D eigenvalue weighted by atomic mass is 19.4. The fraction of sp³-hybridized carbons (Fsp3) is 0.292. The van der Waals surface area contributed by atoms with Crippen molar-refractivity contribution >= 4 is 5.69 Å². The van der Waals surface area contributed by atoms with Gasteiger partial charge in [0, 0.05) is 68.5 Å². The van der Waals surface area contributed by atoms with E-state index >= 15 is 0 Å². The quantitative estimate of drug-likeness (QED) is 0.356. The summed E-state index contributed by atoms with van der Waals surface area (Å²) in [5.74, 6) is 0.0238. The van der Waals surface area contributed by atoms with Crippen LogP contribution in [-0.2, 0) is 33.2 Å². The average molecular weight is 504 g/mol. The van der Waals surface area contributed by atoms with Gasteiger partial charge in [-0.2, -0.15) is 27.1 Å². The van der Waals surface area contributed by atoms with Crippen LogP contribution in [0.4, 0.5) is 27.6 Å². The Morgan fingerprint density at radius 2 is 1.81 bits per heavy atom. The fourth-order valence-electron chi connectivity index (χ4n) is 4.47. The Balaban J connectivity index is 1.43. The summed E-state index contributed by atoms with van der Waals surface area (Å²) in [7, 11) is 3.32. The van der Waals surface area contributed by atoms with E-state index < -0.39 is 18.5 Å². The van der Waals surface area contributed by atoms with Gasteiger partial charge in [-0.1, -0.05) is 0 Å². The molecule has 4 aromatic rings. The van der Waals surface area contributed by atoms with Gasteiger partial charge >= 0.3 is 12.8 Å². The molecule has 188 valence electrons. The second kappa shape index (κ2) is 8.92. The summed E-state index contributed by atoms with van der Waals surface area (Å²) in [6, 6.07) is 10.4. The first-order chi connectivity index (χ1) is 17.1. The molecule has 0 spiro atoms. The van der Waals surface area contributed by atoms with Gasteiger partial charge in [-0.15, -0.1) is 0 Å². The molecule has 5 rings (SSSR count). The molecule has 0 fully saturated rings. The van der Waals surface area contributed by atoms with Gasteiger partial charge in [-0.3, -0.25) is 4.68 Å². The first kappa shape index (κ1) is 23.8. The number of benzene rings is 1. The summed E-state index contributed by atoms with van der Waals surface area (Å²) in [6.07, 6.45) is -1.51. The number of aryl methyl sites for hydroxylation is 2. The molecular formula is C24H21F5N6O. The lowest BCUT2D eigenvalue weighted by Gasteiger charge is -2.30. The monoisotopic (exact) mass is 504 g/mol. The summed E-state index contributed by atoms with van der Waals surface area (Å²) >= 11 is 0. The van der Waals surface area contributed by atoms with Crippen LogP contribution in [0.3, 0.4) is 0 Å². The Morgan fingerprint density at radius 1 is 1.06 bits per heavy atom. The third-order valence-corrected chi connectivity index (χ3v) is 6.13. The van der Waals surface area contributed by atoms with Gasteiger partial charge in [-0.05, 0) is 36.4 Å². The number of halogens is 5. The van der Waals surface area contributed by atoms with Crippen molar-refractivity contribution in [3.63, 3.8) is 0 Å². The SMILES string of the molecule is Cn1cc(C(F)(F)F)nc1-c1ccc(N2CCc3c(c(-c4cccnc4OC(F)F)nn3C)C2)cc1. The Kier molecular flexibility index (Phi) is 5.89. The minimum Gasteiger partial charge on any atom is -0.416 e. The molecule has 0 bridgehead atoms. The minimum atomic E-state index is -4.52. The third kappa shape index (κ3) is 4.38. The number of pyridine rings is 1. The van der Waals surface area contributed by atoms with Crippen LogP contribution in [0, 0.1) is 0 Å². The van der Waals surface area contributed by atoms with Gasteiger partial charge in [0.2, 0.25) is 5.88 Å². The van der Waals surface area contributed by atoms with Crippen molar-refractivity contribution in [1.82, 2.24) is 24.3 Å². The van der Waals surface area contributed by atoms with Gasteiger partial charge in [0.1, 0.15) is 11.5 Å². The molecule has 0 saturated carbocycles. The molecule has 0 radical (unpaired) electrons. The molecule has 1 aromatic carbocycles. The van der Waals surface area contributed by atoms with Crippen molar-refractivity contribution in [1.29, 1.82) is 0 Å². The van der Waals surface area contributed by atoms with Crippen molar-refractivity contribution in [3.8, 4) is 28.5 Å². The molecule has 7 nitrogen and oxygen atoms in total. The molecular weight excluding hydrogens is 483 g/mol. The average Bonchev–Trinajstić information content (AvgIpc) is 3.39. The van der Waals surface area contributed by atoms with E-state index in [2.05, 4.69) is 24.7 Å². The zero-order valence-electron chi connectivity index (χ0n) is 19.3. The van der Waals surface area contributed by atoms with Crippen molar-refractivity contribution in [2.45, 2.75) is 25.8 Å². The number of rotatable bonds is 5. The molecule has 4 heterocycles. The van der Waals surface area contributed by atoms with Crippen molar-refractivity contribution in [3.05, 3.63) is 65.7 Å². The number of hydrogen-bond acceptors (Lipinski definition) is 5. The number of anilines is 1.